The number of carbonyl (C=O) groups is 3. The predicted molar refractivity (Wildman–Crippen MR) is 140 cm³/mol. The molecule has 5 rings (SSSR count). The highest BCUT2D eigenvalue weighted by atomic mass is 16.5. The maximum atomic E-state index is 13.6. The number of amides is 3. The van der Waals surface area contributed by atoms with Gasteiger partial charge in [0.1, 0.15) is 5.75 Å². The van der Waals surface area contributed by atoms with E-state index in [2.05, 4.69) is 35.0 Å². The van der Waals surface area contributed by atoms with Crippen LogP contribution in [0, 0.1) is 0 Å². The first kappa shape index (κ1) is 25.4. The van der Waals surface area contributed by atoms with Gasteiger partial charge in [-0.3, -0.25) is 29.2 Å². The van der Waals surface area contributed by atoms with Gasteiger partial charge in [-0.1, -0.05) is 25.5 Å². The second-order valence-electron chi connectivity index (χ2n) is 10.3. The van der Waals surface area contributed by atoms with Crippen molar-refractivity contribution in [3.63, 3.8) is 0 Å². The van der Waals surface area contributed by atoms with Gasteiger partial charge in [0, 0.05) is 51.1 Å². The zero-order valence-corrected chi connectivity index (χ0v) is 21.6. The Hall–Kier alpha value is -3.26. The number of nitrogens with zero attached hydrogens (tertiary/aromatic N) is 4. The molecular formula is C29H36N4O4. The lowest BCUT2D eigenvalue weighted by Crippen LogP contribution is -2.44. The van der Waals surface area contributed by atoms with Crippen LogP contribution in [-0.2, 0) is 20.8 Å². The number of aromatic nitrogens is 1. The third-order valence-electron chi connectivity index (χ3n) is 7.89. The topological polar surface area (TPSA) is 83.0 Å². The van der Waals surface area contributed by atoms with Crippen LogP contribution < -0.4 is 9.64 Å². The van der Waals surface area contributed by atoms with E-state index in [-0.39, 0.29) is 29.7 Å². The molecule has 0 aliphatic carbocycles. The van der Waals surface area contributed by atoms with Crippen LogP contribution in [0.1, 0.15) is 62.5 Å². The summed E-state index contributed by atoms with van der Waals surface area (Å²) < 4.78 is 5.69. The molecule has 0 spiro atoms. The summed E-state index contributed by atoms with van der Waals surface area (Å²) in [5.41, 5.74) is 3.34. The number of hydrogen-bond donors (Lipinski definition) is 0. The Morgan fingerprint density at radius 1 is 1.16 bits per heavy atom. The molecule has 2 aromatic rings. The molecule has 0 N–H and O–H groups in total. The molecule has 4 heterocycles. The van der Waals surface area contributed by atoms with Gasteiger partial charge < -0.3 is 9.64 Å². The molecule has 3 aliphatic heterocycles. The maximum Gasteiger partial charge on any atom is 0.241 e. The minimum Gasteiger partial charge on any atom is -0.493 e. The van der Waals surface area contributed by atoms with Gasteiger partial charge in [-0.05, 0) is 54.5 Å². The van der Waals surface area contributed by atoms with Gasteiger partial charge in [-0.2, -0.15) is 0 Å². The number of carbonyl (C=O) groups excluding carboxylic acids is 3. The maximum absolute atomic E-state index is 13.6. The number of ether oxygens (including phenoxy) is 1. The lowest BCUT2D eigenvalue weighted by atomic mass is 9.93. The molecule has 3 aliphatic rings. The van der Waals surface area contributed by atoms with Crippen LogP contribution in [0.25, 0.3) is 0 Å². The minimum atomic E-state index is -0.0805. The number of unbranched alkanes of at least 4 members (excludes halogenated alkanes) is 1. The largest absolute Gasteiger partial charge is 0.493 e. The van der Waals surface area contributed by atoms with Crippen molar-refractivity contribution < 1.29 is 19.1 Å². The van der Waals surface area contributed by atoms with Crippen molar-refractivity contribution in [1.29, 1.82) is 0 Å². The van der Waals surface area contributed by atoms with Crippen molar-refractivity contribution in [2.24, 2.45) is 0 Å². The number of benzene rings is 1. The van der Waals surface area contributed by atoms with Gasteiger partial charge in [-0.15, -0.1) is 0 Å². The van der Waals surface area contributed by atoms with E-state index >= 15 is 0 Å². The summed E-state index contributed by atoms with van der Waals surface area (Å²) in [6.07, 6.45) is 8.50. The van der Waals surface area contributed by atoms with E-state index < -0.39 is 0 Å². The lowest BCUT2D eigenvalue weighted by Gasteiger charge is -2.29. The van der Waals surface area contributed by atoms with E-state index in [1.54, 1.807) is 12.4 Å². The number of pyridine rings is 1. The fourth-order valence-electron chi connectivity index (χ4n) is 5.82. The molecule has 8 nitrogen and oxygen atoms in total. The summed E-state index contributed by atoms with van der Waals surface area (Å²) in [4.78, 5) is 47.8. The molecule has 1 aromatic heterocycles. The Kier molecular flexibility index (Phi) is 7.84. The highest BCUT2D eigenvalue weighted by molar-refractivity contribution is 6.01. The van der Waals surface area contributed by atoms with Crippen molar-refractivity contribution in [3.05, 3.63) is 53.9 Å². The summed E-state index contributed by atoms with van der Waals surface area (Å²) in [5, 5.41) is 0. The summed E-state index contributed by atoms with van der Waals surface area (Å²) in [5.74, 6) is 1.16. The minimum absolute atomic E-state index is 0.0581. The van der Waals surface area contributed by atoms with E-state index in [1.807, 2.05) is 17.0 Å². The smallest absolute Gasteiger partial charge is 0.241 e. The Morgan fingerprint density at radius 3 is 2.76 bits per heavy atom. The second kappa shape index (κ2) is 11.4. The van der Waals surface area contributed by atoms with Crippen LogP contribution in [0.3, 0.4) is 0 Å². The van der Waals surface area contributed by atoms with Crippen molar-refractivity contribution in [3.8, 4) is 5.75 Å². The SMILES string of the molecule is CCCCN(C(=O)CN1CC(c2ccc3c(c2)CCO3)CC1CCN1C(=O)CCC1=O)c1cccnc1. The van der Waals surface area contributed by atoms with Crippen LogP contribution in [0.15, 0.2) is 42.7 Å². The summed E-state index contributed by atoms with van der Waals surface area (Å²) in [7, 11) is 0. The van der Waals surface area contributed by atoms with Crippen LogP contribution in [0.4, 0.5) is 5.69 Å². The van der Waals surface area contributed by atoms with E-state index in [4.69, 9.17) is 4.74 Å². The Bertz CT molecular complexity index is 1120. The average molecular weight is 505 g/mol. The van der Waals surface area contributed by atoms with Gasteiger partial charge in [0.25, 0.3) is 0 Å². The van der Waals surface area contributed by atoms with Crippen LogP contribution >= 0.6 is 0 Å². The van der Waals surface area contributed by atoms with Gasteiger partial charge in [-0.25, -0.2) is 0 Å². The predicted octanol–water partition coefficient (Wildman–Crippen LogP) is 3.55. The Morgan fingerprint density at radius 2 is 2.00 bits per heavy atom. The fourth-order valence-corrected chi connectivity index (χ4v) is 5.82. The first-order valence-electron chi connectivity index (χ1n) is 13.6. The molecule has 0 bridgehead atoms. The van der Waals surface area contributed by atoms with E-state index in [0.717, 1.165) is 50.3 Å². The lowest BCUT2D eigenvalue weighted by molar-refractivity contribution is -0.138. The average Bonchev–Trinajstić information content (AvgIpc) is 3.62. The van der Waals surface area contributed by atoms with Gasteiger partial charge in [0.2, 0.25) is 17.7 Å². The number of imide groups is 1. The number of likely N-dealkylation sites (tertiary alicyclic amines) is 2. The Balaban J connectivity index is 1.33. The molecule has 2 saturated heterocycles. The number of hydrogen-bond acceptors (Lipinski definition) is 6. The second-order valence-corrected chi connectivity index (χ2v) is 10.3. The normalized spacial score (nSPS) is 21.4. The highest BCUT2D eigenvalue weighted by Crippen LogP contribution is 2.37. The zero-order chi connectivity index (χ0) is 25.8. The third-order valence-corrected chi connectivity index (χ3v) is 7.89. The summed E-state index contributed by atoms with van der Waals surface area (Å²) in [6, 6.07) is 10.4. The van der Waals surface area contributed by atoms with Crippen LogP contribution in [0.2, 0.25) is 0 Å². The first-order valence-corrected chi connectivity index (χ1v) is 13.6. The van der Waals surface area contributed by atoms with Crippen molar-refractivity contribution >= 4 is 23.4 Å². The first-order chi connectivity index (χ1) is 18.0. The molecule has 0 saturated carbocycles. The van der Waals surface area contributed by atoms with Gasteiger partial charge in [0.15, 0.2) is 0 Å². The van der Waals surface area contributed by atoms with Crippen molar-refractivity contribution in [2.45, 2.75) is 63.8 Å². The molecule has 1 aromatic carbocycles. The monoisotopic (exact) mass is 504 g/mol. The van der Waals surface area contributed by atoms with Crippen molar-refractivity contribution in [2.75, 3.05) is 37.7 Å². The highest BCUT2D eigenvalue weighted by Gasteiger charge is 2.37. The van der Waals surface area contributed by atoms with E-state index in [9.17, 15) is 14.4 Å². The number of anilines is 1. The van der Waals surface area contributed by atoms with E-state index in [0.29, 0.717) is 38.9 Å². The van der Waals surface area contributed by atoms with Crippen LogP contribution in [0.5, 0.6) is 5.75 Å². The molecular weight excluding hydrogens is 468 g/mol. The van der Waals surface area contributed by atoms with Gasteiger partial charge >= 0.3 is 0 Å². The fraction of sp³-hybridized carbons (Fsp3) is 0.517. The molecule has 2 fully saturated rings. The van der Waals surface area contributed by atoms with Crippen LogP contribution in [-0.4, -0.2) is 71.3 Å². The molecule has 2 unspecified atom stereocenters. The van der Waals surface area contributed by atoms with E-state index in [1.165, 1.54) is 16.0 Å². The molecule has 37 heavy (non-hydrogen) atoms. The summed E-state index contributed by atoms with van der Waals surface area (Å²) >= 11 is 0. The quantitative estimate of drug-likeness (QED) is 0.460. The molecule has 3 amide bonds. The molecule has 196 valence electrons. The Labute approximate surface area is 218 Å². The molecule has 8 heteroatoms. The zero-order valence-electron chi connectivity index (χ0n) is 21.6. The number of rotatable bonds is 10. The molecule has 0 radical (unpaired) electrons. The van der Waals surface area contributed by atoms with Crippen molar-refractivity contribution in [1.82, 2.24) is 14.8 Å². The molecule has 2 atom stereocenters. The summed E-state index contributed by atoms with van der Waals surface area (Å²) in [6.45, 7) is 4.99. The number of fused-ring (bicyclic) bond motifs is 1. The van der Waals surface area contributed by atoms with Gasteiger partial charge in [0.05, 0.1) is 25.0 Å². The standard InChI is InChI=1S/C29H36N4O4/c1-2-3-13-32(25-5-4-12-30-18-25)29(36)20-31-19-23(21-6-7-26-22(16-21)11-15-37-26)17-24(31)10-14-33-27(34)8-9-28(33)35/h4-7,12,16,18,23-24H,2-3,8-11,13-15,17,19-20H2,1H3. The third kappa shape index (κ3) is 5.69.